The standard InChI is InChI=1S/C27H34N4O3S.CH2O2/c1-34-25-11-13-29(20-25)22-6-4-7-26(17-22)35(32,33)31-14-10-21-8-9-23(18-27(21)31)30-16-15-28-12-3-2-5-24(28)19-30;2-1-3/h4,6-10,14,17-18,24-25H,2-3,5,11-13,15-16,19-20H2,1H3;1H,(H,2,3). The summed E-state index contributed by atoms with van der Waals surface area (Å²) in [5.74, 6) is 0. The lowest BCUT2D eigenvalue weighted by molar-refractivity contribution is -0.122. The first kappa shape index (κ1) is 26.5. The van der Waals surface area contributed by atoms with Crippen LogP contribution in [-0.4, -0.2) is 87.4 Å². The molecule has 2 unspecified atom stereocenters. The van der Waals surface area contributed by atoms with Crippen molar-refractivity contribution in [1.29, 1.82) is 0 Å². The van der Waals surface area contributed by atoms with Gasteiger partial charge in [0.1, 0.15) is 0 Å². The average molecular weight is 541 g/mol. The number of piperidine rings is 1. The number of rotatable bonds is 5. The monoisotopic (exact) mass is 540 g/mol. The number of nitrogens with zero attached hydrogens (tertiary/aromatic N) is 4. The van der Waals surface area contributed by atoms with E-state index in [9.17, 15) is 8.42 Å². The molecule has 3 aromatic rings. The first-order chi connectivity index (χ1) is 18.4. The van der Waals surface area contributed by atoms with E-state index < -0.39 is 10.0 Å². The molecule has 0 saturated carbocycles. The number of anilines is 2. The Kier molecular flexibility index (Phi) is 7.92. The first-order valence-electron chi connectivity index (χ1n) is 13.3. The molecule has 3 aliphatic rings. The minimum absolute atomic E-state index is 0.192. The van der Waals surface area contributed by atoms with Crippen LogP contribution >= 0.6 is 0 Å². The molecule has 3 fully saturated rings. The minimum Gasteiger partial charge on any atom is -0.483 e. The van der Waals surface area contributed by atoms with Crippen molar-refractivity contribution < 1.29 is 23.1 Å². The Morgan fingerprint density at radius 2 is 1.71 bits per heavy atom. The normalized spacial score (nSPS) is 22.1. The summed E-state index contributed by atoms with van der Waals surface area (Å²) in [5, 5.41) is 7.83. The molecule has 204 valence electrons. The summed E-state index contributed by atoms with van der Waals surface area (Å²) in [6.45, 7) is 5.68. The number of hydrogen-bond donors (Lipinski definition) is 1. The number of piperazine rings is 1. The highest BCUT2D eigenvalue weighted by atomic mass is 32.2. The second-order valence-electron chi connectivity index (χ2n) is 10.2. The van der Waals surface area contributed by atoms with Crippen molar-refractivity contribution in [2.24, 2.45) is 0 Å². The molecule has 9 nitrogen and oxygen atoms in total. The van der Waals surface area contributed by atoms with Crippen LogP contribution in [0, 0.1) is 0 Å². The van der Waals surface area contributed by atoms with E-state index in [0.29, 0.717) is 10.9 Å². The second kappa shape index (κ2) is 11.3. The van der Waals surface area contributed by atoms with Crippen molar-refractivity contribution in [3.05, 3.63) is 54.7 Å². The molecule has 0 bridgehead atoms. The molecule has 3 saturated heterocycles. The van der Waals surface area contributed by atoms with Crippen LogP contribution in [-0.2, 0) is 19.6 Å². The molecule has 0 aliphatic carbocycles. The third-order valence-electron chi connectivity index (χ3n) is 8.06. The smallest absolute Gasteiger partial charge is 0.290 e. The maximum Gasteiger partial charge on any atom is 0.290 e. The summed E-state index contributed by atoms with van der Waals surface area (Å²) in [6, 6.07) is 16.0. The van der Waals surface area contributed by atoms with Crippen molar-refractivity contribution in [3.63, 3.8) is 0 Å². The summed E-state index contributed by atoms with van der Waals surface area (Å²) in [4.78, 5) is 15.9. The predicted octanol–water partition coefficient (Wildman–Crippen LogP) is 3.48. The van der Waals surface area contributed by atoms with E-state index in [0.717, 1.165) is 61.4 Å². The van der Waals surface area contributed by atoms with Crippen LogP contribution in [0.4, 0.5) is 11.4 Å². The van der Waals surface area contributed by atoms with Crippen molar-refractivity contribution in [1.82, 2.24) is 8.87 Å². The second-order valence-corrected chi connectivity index (χ2v) is 12.0. The molecule has 0 amide bonds. The van der Waals surface area contributed by atoms with Crippen molar-refractivity contribution in [3.8, 4) is 0 Å². The topological polar surface area (TPSA) is 95.3 Å². The lowest BCUT2D eigenvalue weighted by Crippen LogP contribution is -2.54. The number of methoxy groups -OCH3 is 1. The predicted molar refractivity (Wildman–Crippen MR) is 149 cm³/mol. The summed E-state index contributed by atoms with van der Waals surface area (Å²) in [6.07, 6.45) is 6.69. The fourth-order valence-corrected chi connectivity index (χ4v) is 7.38. The highest BCUT2D eigenvalue weighted by Crippen LogP contribution is 2.31. The zero-order valence-electron chi connectivity index (χ0n) is 21.8. The maximum atomic E-state index is 13.8. The highest BCUT2D eigenvalue weighted by molar-refractivity contribution is 7.90. The maximum absolute atomic E-state index is 13.8. The Morgan fingerprint density at radius 1 is 0.921 bits per heavy atom. The number of carbonyl (C=O) groups is 1. The van der Waals surface area contributed by atoms with Gasteiger partial charge in [-0.25, -0.2) is 12.4 Å². The van der Waals surface area contributed by atoms with Gasteiger partial charge in [-0.05, 0) is 62.2 Å². The molecule has 3 aliphatic heterocycles. The van der Waals surface area contributed by atoms with Gasteiger partial charge < -0.3 is 19.6 Å². The molecule has 0 radical (unpaired) electrons. The number of hydrogen-bond acceptors (Lipinski definition) is 7. The Hall–Kier alpha value is -3.08. The van der Waals surface area contributed by atoms with Gasteiger partial charge in [-0.15, -0.1) is 0 Å². The van der Waals surface area contributed by atoms with E-state index in [-0.39, 0.29) is 12.6 Å². The largest absolute Gasteiger partial charge is 0.483 e. The molecule has 10 heteroatoms. The van der Waals surface area contributed by atoms with Gasteiger partial charge in [0, 0.05) is 68.8 Å². The highest BCUT2D eigenvalue weighted by Gasteiger charge is 2.30. The zero-order valence-corrected chi connectivity index (χ0v) is 22.6. The van der Waals surface area contributed by atoms with E-state index >= 15 is 0 Å². The molecule has 2 atom stereocenters. The van der Waals surface area contributed by atoms with Crippen LogP contribution in [0.15, 0.2) is 59.6 Å². The van der Waals surface area contributed by atoms with Gasteiger partial charge >= 0.3 is 0 Å². The van der Waals surface area contributed by atoms with Crippen molar-refractivity contribution in [2.45, 2.75) is 42.7 Å². The zero-order chi connectivity index (χ0) is 26.7. The van der Waals surface area contributed by atoms with Crippen LogP contribution in [0.5, 0.6) is 0 Å². The first-order valence-corrected chi connectivity index (χ1v) is 14.7. The third kappa shape index (κ3) is 5.25. The third-order valence-corrected chi connectivity index (χ3v) is 9.75. The van der Waals surface area contributed by atoms with Crippen molar-refractivity contribution >= 4 is 38.8 Å². The summed E-state index contributed by atoms with van der Waals surface area (Å²) >= 11 is 0. The molecule has 1 N–H and O–H groups in total. The molecule has 38 heavy (non-hydrogen) atoms. The molecule has 0 spiro atoms. The summed E-state index contributed by atoms with van der Waals surface area (Å²) in [5.41, 5.74) is 2.77. The minimum atomic E-state index is -3.73. The summed E-state index contributed by atoms with van der Waals surface area (Å²) in [7, 11) is -2.00. The van der Waals surface area contributed by atoms with Crippen LogP contribution in [0.25, 0.3) is 10.9 Å². The molecule has 6 rings (SSSR count). The molecule has 2 aromatic carbocycles. The van der Waals surface area contributed by atoms with E-state index in [4.69, 9.17) is 14.6 Å². The average Bonchev–Trinajstić information content (AvgIpc) is 3.61. The molecule has 4 heterocycles. The van der Waals surface area contributed by atoms with Gasteiger partial charge in [-0.2, -0.15) is 0 Å². The number of ether oxygens (including phenoxy) is 1. The fraction of sp³-hybridized carbons (Fsp3) is 0.464. The van der Waals surface area contributed by atoms with E-state index in [1.165, 1.54) is 29.8 Å². The Bertz CT molecular complexity index is 1370. The fourth-order valence-electron chi connectivity index (χ4n) is 6.00. The Labute approximate surface area is 224 Å². The molecule has 1 aromatic heterocycles. The Balaban J connectivity index is 0.000000937. The van der Waals surface area contributed by atoms with Gasteiger partial charge in [-0.1, -0.05) is 18.6 Å². The van der Waals surface area contributed by atoms with Crippen molar-refractivity contribution in [2.75, 3.05) is 56.2 Å². The van der Waals surface area contributed by atoms with Gasteiger partial charge in [0.25, 0.3) is 16.5 Å². The number of fused-ring (bicyclic) bond motifs is 2. The van der Waals surface area contributed by atoms with E-state index in [2.05, 4.69) is 32.9 Å². The number of carboxylic acid groups (broad SMARTS) is 1. The van der Waals surface area contributed by atoms with Crippen LogP contribution in [0.3, 0.4) is 0 Å². The van der Waals surface area contributed by atoms with Gasteiger partial charge in [0.15, 0.2) is 0 Å². The van der Waals surface area contributed by atoms with E-state index in [1.54, 1.807) is 25.4 Å². The van der Waals surface area contributed by atoms with Crippen LogP contribution in [0.2, 0.25) is 0 Å². The lowest BCUT2D eigenvalue weighted by atomic mass is 9.99. The Morgan fingerprint density at radius 3 is 2.50 bits per heavy atom. The summed E-state index contributed by atoms with van der Waals surface area (Å²) < 4.78 is 34.5. The lowest BCUT2D eigenvalue weighted by Gasteiger charge is -2.45. The molecular formula is C28H36N4O5S. The van der Waals surface area contributed by atoms with Gasteiger partial charge in [0.05, 0.1) is 16.5 Å². The SMILES string of the molecule is COC1CCN(c2cccc(S(=O)(=O)n3ccc4ccc(N5CCN6CCCCC6C5)cc43)c2)C1.O=CO. The van der Waals surface area contributed by atoms with Gasteiger partial charge in [-0.3, -0.25) is 9.69 Å². The van der Waals surface area contributed by atoms with E-state index in [1.807, 2.05) is 18.2 Å². The number of aromatic nitrogens is 1. The number of benzene rings is 2. The van der Waals surface area contributed by atoms with Gasteiger partial charge in [0.2, 0.25) is 0 Å². The van der Waals surface area contributed by atoms with Crippen LogP contribution < -0.4 is 9.80 Å². The molecular weight excluding hydrogens is 504 g/mol. The quantitative estimate of drug-likeness (QED) is 0.492. The van der Waals surface area contributed by atoms with Crippen LogP contribution in [0.1, 0.15) is 25.7 Å².